The molecule has 1 atom stereocenters. The Labute approximate surface area is 109 Å². The molecule has 0 fully saturated rings. The molecule has 0 aliphatic rings. The predicted molar refractivity (Wildman–Crippen MR) is 73.0 cm³/mol. The highest BCUT2D eigenvalue weighted by molar-refractivity contribution is 5.82. The Morgan fingerprint density at radius 2 is 1.94 bits per heavy atom. The molecule has 0 saturated carbocycles. The van der Waals surface area contributed by atoms with Crippen molar-refractivity contribution in [1.29, 1.82) is 0 Å². The molecule has 1 aromatic rings. The van der Waals surface area contributed by atoms with Gasteiger partial charge in [-0.05, 0) is 31.2 Å². The van der Waals surface area contributed by atoms with Gasteiger partial charge in [0.2, 0.25) is 0 Å². The van der Waals surface area contributed by atoms with Gasteiger partial charge < -0.3 is 10.5 Å². The molecule has 1 aromatic carbocycles. The summed E-state index contributed by atoms with van der Waals surface area (Å²) in [4.78, 5) is 12.1. The quantitative estimate of drug-likeness (QED) is 0.789. The molecule has 3 heteroatoms. The summed E-state index contributed by atoms with van der Waals surface area (Å²) < 4.78 is 5.13. The molecule has 0 heterocycles. The highest BCUT2D eigenvalue weighted by atomic mass is 16.5. The Balaban J connectivity index is 2.97. The van der Waals surface area contributed by atoms with Crippen molar-refractivity contribution in [3.05, 3.63) is 35.9 Å². The van der Waals surface area contributed by atoms with E-state index in [4.69, 9.17) is 10.5 Å². The minimum absolute atomic E-state index is 0.336. The molecule has 1 unspecified atom stereocenters. The summed E-state index contributed by atoms with van der Waals surface area (Å²) in [6.07, 6.45) is 1.50. The van der Waals surface area contributed by atoms with Crippen LogP contribution in [0.4, 0.5) is 0 Å². The van der Waals surface area contributed by atoms with Crippen molar-refractivity contribution in [2.75, 3.05) is 6.61 Å². The fourth-order valence-electron chi connectivity index (χ4n) is 1.88. The number of benzene rings is 1. The molecule has 0 spiro atoms. The first-order valence-corrected chi connectivity index (χ1v) is 6.52. The van der Waals surface area contributed by atoms with Crippen LogP contribution in [0.15, 0.2) is 30.3 Å². The topological polar surface area (TPSA) is 52.3 Å². The van der Waals surface area contributed by atoms with E-state index in [2.05, 4.69) is 13.8 Å². The maximum atomic E-state index is 12.1. The average Bonchev–Trinajstić information content (AvgIpc) is 2.37. The van der Waals surface area contributed by atoms with Gasteiger partial charge in [0.05, 0.1) is 6.61 Å². The normalized spacial score (nSPS) is 14.3. The zero-order valence-electron chi connectivity index (χ0n) is 11.5. The van der Waals surface area contributed by atoms with E-state index in [1.807, 2.05) is 30.3 Å². The van der Waals surface area contributed by atoms with Gasteiger partial charge >= 0.3 is 5.97 Å². The minimum Gasteiger partial charge on any atom is -0.464 e. The van der Waals surface area contributed by atoms with Crippen LogP contribution >= 0.6 is 0 Å². The summed E-state index contributed by atoms with van der Waals surface area (Å²) in [6.45, 7) is 6.39. The fraction of sp³-hybridized carbons (Fsp3) is 0.533. The molecule has 0 bridgehead atoms. The largest absolute Gasteiger partial charge is 0.464 e. The van der Waals surface area contributed by atoms with Gasteiger partial charge in [-0.25, -0.2) is 4.79 Å². The van der Waals surface area contributed by atoms with E-state index in [-0.39, 0.29) is 5.97 Å². The monoisotopic (exact) mass is 249 g/mol. The van der Waals surface area contributed by atoms with Crippen LogP contribution in [0.2, 0.25) is 0 Å². The molecule has 1 rings (SSSR count). The Hall–Kier alpha value is -1.35. The lowest BCUT2D eigenvalue weighted by Crippen LogP contribution is -2.46. The zero-order chi connectivity index (χ0) is 13.6. The fourth-order valence-corrected chi connectivity index (χ4v) is 1.88. The second-order valence-corrected chi connectivity index (χ2v) is 4.99. The second-order valence-electron chi connectivity index (χ2n) is 4.99. The van der Waals surface area contributed by atoms with Crippen LogP contribution in [0.3, 0.4) is 0 Å². The summed E-state index contributed by atoms with van der Waals surface area (Å²) in [7, 11) is 0. The van der Waals surface area contributed by atoms with E-state index in [1.165, 1.54) is 0 Å². The van der Waals surface area contributed by atoms with Gasteiger partial charge in [-0.3, -0.25) is 0 Å². The minimum atomic E-state index is -1.03. The Kier molecular flexibility index (Phi) is 5.35. The standard InChI is InChI=1S/C15H23NO2/c1-4-18-14(17)15(16,11-10-12(2)3)13-8-6-5-7-9-13/h5-9,12H,4,10-11,16H2,1-3H3. The van der Waals surface area contributed by atoms with Crippen LogP contribution in [0.1, 0.15) is 39.2 Å². The zero-order valence-corrected chi connectivity index (χ0v) is 11.5. The van der Waals surface area contributed by atoms with Crippen molar-refractivity contribution in [1.82, 2.24) is 0 Å². The number of hydrogen-bond acceptors (Lipinski definition) is 3. The summed E-state index contributed by atoms with van der Waals surface area (Å²) in [5.74, 6) is 0.169. The molecule has 0 radical (unpaired) electrons. The summed E-state index contributed by atoms with van der Waals surface area (Å²) in [6, 6.07) is 9.48. The second kappa shape index (κ2) is 6.55. The Morgan fingerprint density at radius 1 is 1.33 bits per heavy atom. The maximum Gasteiger partial charge on any atom is 0.330 e. The van der Waals surface area contributed by atoms with Gasteiger partial charge in [0.25, 0.3) is 0 Å². The first-order chi connectivity index (χ1) is 8.50. The van der Waals surface area contributed by atoms with Crippen LogP contribution in [0.5, 0.6) is 0 Å². The van der Waals surface area contributed by atoms with Gasteiger partial charge in [-0.15, -0.1) is 0 Å². The number of esters is 1. The van der Waals surface area contributed by atoms with Gasteiger partial charge in [-0.1, -0.05) is 44.2 Å². The molecular formula is C15H23NO2. The SMILES string of the molecule is CCOC(=O)C(N)(CCC(C)C)c1ccccc1. The first kappa shape index (κ1) is 14.7. The van der Waals surface area contributed by atoms with E-state index in [9.17, 15) is 4.79 Å². The molecule has 0 amide bonds. The van der Waals surface area contributed by atoms with Crippen LogP contribution in [0, 0.1) is 5.92 Å². The molecule has 0 aromatic heterocycles. The van der Waals surface area contributed by atoms with E-state index < -0.39 is 5.54 Å². The molecule has 0 aliphatic carbocycles. The highest BCUT2D eigenvalue weighted by Gasteiger charge is 2.37. The molecule has 2 N–H and O–H groups in total. The molecule has 18 heavy (non-hydrogen) atoms. The lowest BCUT2D eigenvalue weighted by atomic mass is 9.84. The number of nitrogens with two attached hydrogens (primary N) is 1. The Bertz CT molecular complexity index is 375. The molecule has 0 saturated heterocycles. The van der Waals surface area contributed by atoms with E-state index in [0.29, 0.717) is 18.9 Å². The van der Waals surface area contributed by atoms with Gasteiger partial charge in [0, 0.05) is 0 Å². The third-order valence-corrected chi connectivity index (χ3v) is 3.04. The summed E-state index contributed by atoms with van der Waals surface area (Å²) >= 11 is 0. The smallest absolute Gasteiger partial charge is 0.330 e. The lowest BCUT2D eigenvalue weighted by molar-refractivity contribution is -0.150. The number of ether oxygens (including phenoxy) is 1. The van der Waals surface area contributed by atoms with Crippen molar-refractivity contribution < 1.29 is 9.53 Å². The number of rotatable bonds is 6. The van der Waals surface area contributed by atoms with Crippen LogP contribution in [-0.2, 0) is 15.1 Å². The molecule has 100 valence electrons. The maximum absolute atomic E-state index is 12.1. The number of carbonyl (C=O) groups is 1. The summed E-state index contributed by atoms with van der Waals surface area (Å²) in [5.41, 5.74) is 6.12. The van der Waals surface area contributed by atoms with Crippen molar-refractivity contribution in [3.8, 4) is 0 Å². The van der Waals surface area contributed by atoms with Crippen LogP contribution < -0.4 is 5.73 Å². The van der Waals surface area contributed by atoms with Gasteiger partial charge in [0.1, 0.15) is 5.54 Å². The number of hydrogen-bond donors (Lipinski definition) is 1. The predicted octanol–water partition coefficient (Wildman–Crippen LogP) is 2.84. The molecule has 3 nitrogen and oxygen atoms in total. The third kappa shape index (κ3) is 3.57. The lowest BCUT2D eigenvalue weighted by Gasteiger charge is -2.28. The number of carbonyl (C=O) groups excluding carboxylic acids is 1. The van der Waals surface area contributed by atoms with Crippen molar-refractivity contribution in [3.63, 3.8) is 0 Å². The van der Waals surface area contributed by atoms with Crippen LogP contribution in [-0.4, -0.2) is 12.6 Å². The van der Waals surface area contributed by atoms with Gasteiger partial charge in [-0.2, -0.15) is 0 Å². The van der Waals surface area contributed by atoms with Crippen molar-refractivity contribution in [2.24, 2.45) is 11.7 Å². The van der Waals surface area contributed by atoms with Crippen molar-refractivity contribution >= 4 is 5.97 Å². The summed E-state index contributed by atoms with van der Waals surface area (Å²) in [5, 5.41) is 0. The average molecular weight is 249 g/mol. The highest BCUT2D eigenvalue weighted by Crippen LogP contribution is 2.27. The van der Waals surface area contributed by atoms with E-state index in [1.54, 1.807) is 6.92 Å². The van der Waals surface area contributed by atoms with Crippen LogP contribution in [0.25, 0.3) is 0 Å². The van der Waals surface area contributed by atoms with Gasteiger partial charge in [0.15, 0.2) is 0 Å². The van der Waals surface area contributed by atoms with E-state index >= 15 is 0 Å². The molecule has 0 aliphatic heterocycles. The Morgan fingerprint density at radius 3 is 2.44 bits per heavy atom. The first-order valence-electron chi connectivity index (χ1n) is 6.52. The van der Waals surface area contributed by atoms with E-state index in [0.717, 1.165) is 12.0 Å². The third-order valence-electron chi connectivity index (χ3n) is 3.04. The van der Waals surface area contributed by atoms with Crippen molar-refractivity contribution in [2.45, 2.75) is 39.2 Å². The molecular weight excluding hydrogens is 226 g/mol.